The highest BCUT2D eigenvalue weighted by Gasteiger charge is 2.11. The van der Waals surface area contributed by atoms with Gasteiger partial charge in [-0.25, -0.2) is 0 Å². The van der Waals surface area contributed by atoms with Crippen LogP contribution in [0.1, 0.15) is 0 Å². The lowest BCUT2D eigenvalue weighted by Gasteiger charge is -2.15. The molecule has 0 nitrogen and oxygen atoms in total. The Hall–Kier alpha value is -0.510. The van der Waals surface area contributed by atoms with Gasteiger partial charge in [0.2, 0.25) is 0 Å². The van der Waals surface area contributed by atoms with Crippen molar-refractivity contribution in [2.24, 2.45) is 0 Å². The second-order valence-corrected chi connectivity index (χ2v) is 6.89. The Kier molecular flexibility index (Phi) is 3.18. The van der Waals surface area contributed by atoms with Crippen LogP contribution in [-0.4, -0.2) is 5.08 Å². The van der Waals surface area contributed by atoms with Crippen molar-refractivity contribution in [2.75, 3.05) is 5.08 Å². The van der Waals surface area contributed by atoms with Crippen molar-refractivity contribution in [3.63, 3.8) is 0 Å². The monoisotopic (exact) mass is 262 g/mol. The van der Waals surface area contributed by atoms with Gasteiger partial charge in [0.25, 0.3) is 0 Å². The molecule has 0 N–H and O–H groups in total. The van der Waals surface area contributed by atoms with Crippen LogP contribution in [-0.2, 0) is 0 Å². The van der Waals surface area contributed by atoms with Crippen molar-refractivity contribution in [3.05, 3.63) is 48.5 Å². The predicted octanol–water partition coefficient (Wildman–Crippen LogP) is 4.99. The third kappa shape index (κ3) is 2.12. The standard InChI is InChI=1S/C13H10S3/c1-3-7-12-10(5-1)14-9-15-11-6-2-4-8-13(11)16-12/h1-8H,9H2. The highest BCUT2D eigenvalue weighted by Crippen LogP contribution is 2.44. The summed E-state index contributed by atoms with van der Waals surface area (Å²) in [6.07, 6.45) is 0. The summed E-state index contributed by atoms with van der Waals surface area (Å²) in [4.78, 5) is 5.55. The Labute approximate surface area is 108 Å². The van der Waals surface area contributed by atoms with Gasteiger partial charge in [0.15, 0.2) is 0 Å². The topological polar surface area (TPSA) is 0 Å². The Bertz CT molecular complexity index is 463. The average Bonchev–Trinajstić information content (AvgIpc) is 2.29. The molecule has 1 heterocycles. The minimum absolute atomic E-state index is 1.09. The summed E-state index contributed by atoms with van der Waals surface area (Å²) in [5.74, 6) is 0. The van der Waals surface area contributed by atoms with Crippen LogP contribution in [0.2, 0.25) is 0 Å². The number of benzene rings is 2. The lowest BCUT2D eigenvalue weighted by Crippen LogP contribution is -1.86. The Balaban J connectivity index is 2.06. The molecule has 0 aliphatic carbocycles. The highest BCUT2D eigenvalue weighted by molar-refractivity contribution is 8.16. The summed E-state index contributed by atoms with van der Waals surface area (Å²) in [5, 5.41) is 1.09. The van der Waals surface area contributed by atoms with Crippen LogP contribution < -0.4 is 0 Å². The van der Waals surface area contributed by atoms with E-state index in [4.69, 9.17) is 0 Å². The van der Waals surface area contributed by atoms with Crippen LogP contribution in [0.5, 0.6) is 0 Å². The third-order valence-electron chi connectivity index (χ3n) is 2.35. The third-order valence-corrected chi connectivity index (χ3v) is 6.03. The summed E-state index contributed by atoms with van der Waals surface area (Å²) in [6, 6.07) is 17.3. The number of hydrogen-bond acceptors (Lipinski definition) is 3. The van der Waals surface area contributed by atoms with E-state index in [0.717, 1.165) is 5.08 Å². The molecular weight excluding hydrogens is 252 g/mol. The molecule has 0 fully saturated rings. The molecule has 0 saturated heterocycles. The van der Waals surface area contributed by atoms with E-state index in [1.165, 1.54) is 19.6 Å². The summed E-state index contributed by atoms with van der Waals surface area (Å²) in [5.41, 5.74) is 0. The van der Waals surface area contributed by atoms with Gasteiger partial charge in [-0.05, 0) is 24.3 Å². The van der Waals surface area contributed by atoms with E-state index in [2.05, 4.69) is 48.5 Å². The maximum atomic E-state index is 2.21. The molecule has 0 amide bonds. The fourth-order valence-corrected chi connectivity index (χ4v) is 5.07. The molecule has 0 spiro atoms. The van der Waals surface area contributed by atoms with Gasteiger partial charge in [-0.1, -0.05) is 36.0 Å². The van der Waals surface area contributed by atoms with Crippen molar-refractivity contribution < 1.29 is 0 Å². The molecule has 1 aliphatic rings. The van der Waals surface area contributed by atoms with Gasteiger partial charge in [0.1, 0.15) is 0 Å². The molecule has 0 unspecified atom stereocenters. The van der Waals surface area contributed by atoms with Gasteiger partial charge in [0.05, 0.1) is 0 Å². The van der Waals surface area contributed by atoms with Crippen molar-refractivity contribution in [1.29, 1.82) is 0 Å². The number of fused-ring (bicyclic) bond motifs is 2. The van der Waals surface area contributed by atoms with Gasteiger partial charge in [0, 0.05) is 24.7 Å². The molecule has 3 heteroatoms. The highest BCUT2D eigenvalue weighted by atomic mass is 32.2. The molecule has 80 valence electrons. The van der Waals surface area contributed by atoms with E-state index in [-0.39, 0.29) is 0 Å². The summed E-state index contributed by atoms with van der Waals surface area (Å²) in [6.45, 7) is 0. The summed E-state index contributed by atoms with van der Waals surface area (Å²) in [7, 11) is 0. The van der Waals surface area contributed by atoms with Crippen LogP contribution in [0.3, 0.4) is 0 Å². The molecule has 0 aromatic heterocycles. The second kappa shape index (κ2) is 4.78. The summed E-state index contributed by atoms with van der Waals surface area (Å²) >= 11 is 5.73. The molecule has 2 aromatic carbocycles. The maximum absolute atomic E-state index is 2.21. The quantitative estimate of drug-likeness (QED) is 0.656. The molecule has 16 heavy (non-hydrogen) atoms. The largest absolute Gasteiger partial charge is 0.114 e. The number of hydrogen-bond donors (Lipinski definition) is 0. The molecular formula is C13H10S3. The van der Waals surface area contributed by atoms with E-state index in [1.54, 1.807) is 0 Å². The molecule has 2 aromatic rings. The molecule has 0 atom stereocenters. The lowest BCUT2D eigenvalue weighted by atomic mass is 10.4. The van der Waals surface area contributed by atoms with Crippen molar-refractivity contribution in [1.82, 2.24) is 0 Å². The van der Waals surface area contributed by atoms with E-state index < -0.39 is 0 Å². The predicted molar refractivity (Wildman–Crippen MR) is 73.6 cm³/mol. The van der Waals surface area contributed by atoms with Crippen molar-refractivity contribution in [2.45, 2.75) is 19.6 Å². The van der Waals surface area contributed by atoms with E-state index >= 15 is 0 Å². The molecule has 0 bridgehead atoms. The first kappa shape index (κ1) is 10.6. The SMILES string of the molecule is c1ccc2c(c1)SCSc1ccccc1S2. The molecule has 3 rings (SSSR count). The van der Waals surface area contributed by atoms with Crippen molar-refractivity contribution >= 4 is 35.3 Å². The number of rotatable bonds is 0. The van der Waals surface area contributed by atoms with Crippen molar-refractivity contribution in [3.8, 4) is 0 Å². The first-order valence-electron chi connectivity index (χ1n) is 5.05. The Morgan fingerprint density at radius 2 is 1.06 bits per heavy atom. The van der Waals surface area contributed by atoms with Crippen LogP contribution in [0, 0.1) is 0 Å². The second-order valence-electron chi connectivity index (χ2n) is 3.40. The van der Waals surface area contributed by atoms with Crippen LogP contribution in [0.4, 0.5) is 0 Å². The zero-order valence-electron chi connectivity index (χ0n) is 8.55. The van der Waals surface area contributed by atoms with Crippen LogP contribution >= 0.6 is 35.3 Å². The number of thioether (sulfide) groups is 2. The fraction of sp³-hybridized carbons (Fsp3) is 0.0769. The van der Waals surface area contributed by atoms with E-state index in [9.17, 15) is 0 Å². The fourth-order valence-electron chi connectivity index (χ4n) is 1.58. The van der Waals surface area contributed by atoms with Gasteiger partial charge in [-0.2, -0.15) is 0 Å². The van der Waals surface area contributed by atoms with Gasteiger partial charge in [-0.3, -0.25) is 0 Å². The maximum Gasteiger partial charge on any atom is 0.0487 e. The first-order valence-corrected chi connectivity index (χ1v) is 7.84. The van der Waals surface area contributed by atoms with Gasteiger partial charge < -0.3 is 0 Å². The van der Waals surface area contributed by atoms with Gasteiger partial charge in [-0.15, -0.1) is 23.5 Å². The molecule has 0 radical (unpaired) electrons. The zero-order chi connectivity index (χ0) is 10.8. The van der Waals surface area contributed by atoms with E-state index in [1.807, 2.05) is 35.3 Å². The zero-order valence-corrected chi connectivity index (χ0v) is 11.0. The van der Waals surface area contributed by atoms with E-state index in [0.29, 0.717) is 0 Å². The Morgan fingerprint density at radius 1 is 0.625 bits per heavy atom. The lowest BCUT2D eigenvalue weighted by molar-refractivity contribution is 1.20. The minimum atomic E-state index is 1.09. The normalized spacial score (nSPS) is 14.5. The molecule has 1 aliphatic heterocycles. The minimum Gasteiger partial charge on any atom is -0.114 e. The smallest absolute Gasteiger partial charge is 0.0487 e. The average molecular weight is 262 g/mol. The first-order chi connectivity index (χ1) is 7.93. The molecule has 0 saturated carbocycles. The van der Waals surface area contributed by atoms with Crippen LogP contribution in [0.15, 0.2) is 68.1 Å². The van der Waals surface area contributed by atoms with Crippen LogP contribution in [0.25, 0.3) is 0 Å². The Morgan fingerprint density at radius 3 is 1.56 bits per heavy atom. The summed E-state index contributed by atoms with van der Waals surface area (Å²) < 4.78 is 0. The van der Waals surface area contributed by atoms with Gasteiger partial charge >= 0.3 is 0 Å².